The lowest BCUT2D eigenvalue weighted by molar-refractivity contribution is 0.728. The van der Waals surface area contributed by atoms with E-state index < -0.39 is 0 Å². The number of aryl methyl sites for hydroxylation is 3. The van der Waals surface area contributed by atoms with Crippen molar-refractivity contribution in [3.8, 4) is 0 Å². The molecule has 2 aliphatic rings. The Balaban J connectivity index is 1.34. The van der Waals surface area contributed by atoms with E-state index >= 15 is 0 Å². The second-order valence-electron chi connectivity index (χ2n) is 15.1. The Morgan fingerprint density at radius 2 is 0.643 bits per heavy atom. The molecule has 274 valence electrons. The van der Waals surface area contributed by atoms with Crippen molar-refractivity contribution in [3.63, 3.8) is 0 Å². The van der Waals surface area contributed by atoms with Crippen LogP contribution in [-0.4, -0.2) is 0 Å². The predicted octanol–water partition coefficient (Wildman–Crippen LogP) is 15.0. The van der Waals surface area contributed by atoms with Gasteiger partial charge in [0.05, 0.1) is 0 Å². The summed E-state index contributed by atoms with van der Waals surface area (Å²) in [6.45, 7) is 8.71. The zero-order valence-corrected chi connectivity index (χ0v) is 32.5. The van der Waals surface area contributed by atoms with Crippen molar-refractivity contribution in [3.05, 3.63) is 210 Å². The third kappa shape index (κ3) is 6.86. The summed E-state index contributed by atoms with van der Waals surface area (Å²) in [6.07, 6.45) is 7.98. The summed E-state index contributed by atoms with van der Waals surface area (Å²) < 4.78 is 0. The molecular weight excluding hydrogens is 681 g/mol. The van der Waals surface area contributed by atoms with Crippen molar-refractivity contribution in [1.82, 2.24) is 0 Å². The Kier molecular flexibility index (Phi) is 9.24. The molecule has 0 spiro atoms. The van der Waals surface area contributed by atoms with Crippen molar-refractivity contribution >= 4 is 62.6 Å². The summed E-state index contributed by atoms with van der Waals surface area (Å²) in [6, 6.07) is 62.3. The summed E-state index contributed by atoms with van der Waals surface area (Å²) in [5.74, 6) is 0.497. The van der Waals surface area contributed by atoms with Crippen LogP contribution in [-0.2, 0) is 0 Å². The van der Waals surface area contributed by atoms with Gasteiger partial charge in [-0.25, -0.2) is 0 Å². The minimum absolute atomic E-state index is 0.497. The molecule has 9 rings (SSSR count). The Bertz CT molecular complexity index is 2430. The van der Waals surface area contributed by atoms with E-state index in [1.165, 1.54) is 22.4 Å². The first-order chi connectivity index (χ1) is 27.4. The first-order valence-corrected chi connectivity index (χ1v) is 19.6. The molecular formula is C52H46N4. The van der Waals surface area contributed by atoms with E-state index in [0.29, 0.717) is 5.92 Å². The van der Waals surface area contributed by atoms with Crippen LogP contribution in [0, 0.1) is 26.7 Å². The molecule has 1 aliphatic carbocycles. The number of nitrogens with zero attached hydrogens (tertiary/aromatic N) is 4. The van der Waals surface area contributed by atoms with Gasteiger partial charge in [0.1, 0.15) is 0 Å². The Morgan fingerprint density at radius 1 is 0.357 bits per heavy atom. The van der Waals surface area contributed by atoms with Gasteiger partial charge in [0.25, 0.3) is 0 Å². The fourth-order valence-electron chi connectivity index (χ4n) is 7.84. The van der Waals surface area contributed by atoms with Crippen molar-refractivity contribution in [2.45, 2.75) is 34.1 Å². The topological polar surface area (TPSA) is 13.0 Å². The molecule has 0 saturated carbocycles. The van der Waals surface area contributed by atoms with Gasteiger partial charge in [0.15, 0.2) is 0 Å². The highest BCUT2D eigenvalue weighted by atomic mass is 15.2. The van der Waals surface area contributed by atoms with Gasteiger partial charge in [-0.15, -0.1) is 0 Å². The zero-order valence-electron chi connectivity index (χ0n) is 32.5. The average molecular weight is 727 g/mol. The maximum atomic E-state index is 2.41. The third-order valence-corrected chi connectivity index (χ3v) is 10.8. The molecule has 0 N–H and O–H groups in total. The monoisotopic (exact) mass is 726 g/mol. The fraction of sp³-hybridized carbons (Fsp3) is 0.115. The molecule has 1 atom stereocenters. The zero-order chi connectivity index (χ0) is 38.2. The number of rotatable bonds is 4. The van der Waals surface area contributed by atoms with Crippen molar-refractivity contribution in [2.24, 2.45) is 5.92 Å². The summed E-state index contributed by atoms with van der Waals surface area (Å²) in [5, 5.41) is 0. The van der Waals surface area contributed by atoms with Gasteiger partial charge in [-0.2, -0.15) is 0 Å². The molecule has 4 nitrogen and oxygen atoms in total. The predicted molar refractivity (Wildman–Crippen MR) is 238 cm³/mol. The van der Waals surface area contributed by atoms with Crippen molar-refractivity contribution < 1.29 is 0 Å². The van der Waals surface area contributed by atoms with Crippen LogP contribution in [0.5, 0.6) is 0 Å². The number of hydrogen-bond donors (Lipinski definition) is 0. The third-order valence-electron chi connectivity index (χ3n) is 10.8. The van der Waals surface area contributed by atoms with Gasteiger partial charge >= 0.3 is 0 Å². The van der Waals surface area contributed by atoms with Gasteiger partial charge in [0, 0.05) is 68.3 Å². The van der Waals surface area contributed by atoms with Crippen LogP contribution in [0.15, 0.2) is 194 Å². The lowest BCUT2D eigenvalue weighted by atomic mass is 10.00. The van der Waals surface area contributed by atoms with E-state index in [1.54, 1.807) is 0 Å². The molecule has 8 bridgehead atoms. The summed E-state index contributed by atoms with van der Waals surface area (Å²) in [7, 11) is 0. The molecule has 0 saturated heterocycles. The summed E-state index contributed by atoms with van der Waals surface area (Å²) in [5.41, 5.74) is 16.8. The first kappa shape index (κ1) is 35.0. The quantitative estimate of drug-likeness (QED) is 0.179. The van der Waals surface area contributed by atoms with E-state index in [-0.39, 0.29) is 0 Å². The maximum absolute atomic E-state index is 2.41. The molecule has 7 aromatic rings. The van der Waals surface area contributed by atoms with E-state index in [9.17, 15) is 0 Å². The number of anilines is 11. The Morgan fingerprint density at radius 3 is 0.911 bits per heavy atom. The molecule has 1 heterocycles. The number of allylic oxidation sites excluding steroid dienone is 3. The fourth-order valence-corrected chi connectivity index (χ4v) is 7.84. The Hall–Kier alpha value is -6.78. The highest BCUT2D eigenvalue weighted by Crippen LogP contribution is 2.46. The van der Waals surface area contributed by atoms with E-state index in [0.717, 1.165) is 69.0 Å². The summed E-state index contributed by atoms with van der Waals surface area (Å²) in [4.78, 5) is 9.54. The van der Waals surface area contributed by atoms with Gasteiger partial charge in [0.2, 0.25) is 0 Å². The van der Waals surface area contributed by atoms with Gasteiger partial charge in [-0.3, -0.25) is 0 Å². The minimum Gasteiger partial charge on any atom is -0.311 e. The van der Waals surface area contributed by atoms with Gasteiger partial charge in [-0.1, -0.05) is 96.4 Å². The first-order valence-electron chi connectivity index (χ1n) is 19.6. The van der Waals surface area contributed by atoms with E-state index in [4.69, 9.17) is 0 Å². The van der Waals surface area contributed by atoms with E-state index in [2.05, 4.69) is 235 Å². The summed E-state index contributed by atoms with van der Waals surface area (Å²) >= 11 is 0. The van der Waals surface area contributed by atoms with Crippen LogP contribution >= 0.6 is 0 Å². The lowest BCUT2D eigenvalue weighted by Gasteiger charge is -2.33. The highest BCUT2D eigenvalue weighted by Gasteiger charge is 2.23. The lowest BCUT2D eigenvalue weighted by Crippen LogP contribution is -2.19. The van der Waals surface area contributed by atoms with Gasteiger partial charge < -0.3 is 19.6 Å². The molecule has 0 amide bonds. The maximum Gasteiger partial charge on any atom is 0.0482 e. The number of hydrogen-bond acceptors (Lipinski definition) is 4. The van der Waals surface area contributed by atoms with Crippen LogP contribution in [0.4, 0.5) is 62.6 Å². The van der Waals surface area contributed by atoms with Crippen molar-refractivity contribution in [2.75, 3.05) is 19.6 Å². The highest BCUT2D eigenvalue weighted by molar-refractivity contribution is 5.88. The second kappa shape index (κ2) is 14.8. The number of benzene rings is 7. The second-order valence-corrected chi connectivity index (χ2v) is 15.1. The molecule has 0 fully saturated rings. The van der Waals surface area contributed by atoms with Crippen LogP contribution in [0.3, 0.4) is 0 Å². The number of fused-ring (bicyclic) bond motifs is 8. The minimum atomic E-state index is 0.497. The smallest absolute Gasteiger partial charge is 0.0482 e. The molecule has 0 radical (unpaired) electrons. The Labute approximate surface area is 331 Å². The molecule has 7 aromatic carbocycles. The normalized spacial score (nSPS) is 15.1. The molecule has 56 heavy (non-hydrogen) atoms. The van der Waals surface area contributed by atoms with E-state index in [1.807, 2.05) is 0 Å². The molecule has 1 aliphatic heterocycles. The largest absolute Gasteiger partial charge is 0.311 e. The van der Waals surface area contributed by atoms with Crippen molar-refractivity contribution in [1.29, 1.82) is 0 Å². The van der Waals surface area contributed by atoms with Crippen LogP contribution in [0.1, 0.15) is 30.0 Å². The van der Waals surface area contributed by atoms with Crippen LogP contribution in [0.25, 0.3) is 0 Å². The van der Waals surface area contributed by atoms with Crippen LogP contribution in [0.2, 0.25) is 0 Å². The standard InChI is InChI=1S/C52H46N4/c1-37-17-25-41(26-18-37)53-45-9-5-11-47(33-45)54(42-27-19-38(2)20-28-42)49-13-7-15-51(35-49)56(44-31-23-40(4)24-32-44)52-16-8-14-50(36-52)55(43-29-21-39(3)22-30-43)48-12-6-10-46(53)34-48/h5-23,25-36,40H,24H2,1-4H3. The SMILES string of the molecule is Cc1ccc(N2c3cccc(c3)N(C3=CCC(C)C=C3)c3cccc(c3)N(c3ccc(C)cc3)c3cccc(c3)N(c3ccc(C)cc3)c3cccc2c3)cc1. The van der Waals surface area contributed by atoms with Crippen LogP contribution < -0.4 is 19.6 Å². The molecule has 1 unspecified atom stereocenters. The van der Waals surface area contributed by atoms with Gasteiger partial charge in [-0.05, 0) is 148 Å². The average Bonchev–Trinajstić information content (AvgIpc) is 3.22. The molecule has 4 heteroatoms. The molecule has 0 aromatic heterocycles.